The molecule has 0 fully saturated rings. The number of methoxy groups -OCH3 is 3. The molecule has 0 heterocycles. The molecule has 10 heteroatoms. The Morgan fingerprint density at radius 2 is 1.70 bits per heavy atom. The van der Waals surface area contributed by atoms with E-state index in [1.807, 2.05) is 0 Å². The summed E-state index contributed by atoms with van der Waals surface area (Å²) in [5, 5.41) is 5.97. The second-order valence-corrected chi connectivity index (χ2v) is 7.65. The smallest absolute Gasteiger partial charge is 0.261 e. The molecule has 0 unspecified atom stereocenters. The molecule has 0 radical (unpaired) electrons. The predicted molar refractivity (Wildman–Crippen MR) is 117 cm³/mol. The number of hydrogen-bond donors (Lipinski definition) is 2. The monoisotopic (exact) mass is 536 g/mol. The van der Waals surface area contributed by atoms with Gasteiger partial charge < -0.3 is 19.5 Å². The van der Waals surface area contributed by atoms with E-state index in [-0.39, 0.29) is 5.11 Å². The summed E-state index contributed by atoms with van der Waals surface area (Å²) in [5.74, 6) is 0.836. The molecule has 2 rings (SSSR count). The van der Waals surface area contributed by atoms with Gasteiger partial charge in [0.2, 0.25) is 0 Å². The molecule has 0 spiro atoms. The fourth-order valence-electron chi connectivity index (χ4n) is 2.22. The molecular weight excluding hydrogens is 524 g/mol. The van der Waals surface area contributed by atoms with Crippen LogP contribution in [0.5, 0.6) is 17.2 Å². The van der Waals surface area contributed by atoms with Crippen molar-refractivity contribution in [3.05, 3.63) is 43.8 Å². The van der Waals surface area contributed by atoms with Crippen LogP contribution in [0.1, 0.15) is 10.4 Å². The minimum Gasteiger partial charge on any atom is -0.495 e. The summed E-state index contributed by atoms with van der Waals surface area (Å²) in [5.41, 5.74) is 0.801. The SMILES string of the molecule is COc1cc(NC(=S)NC(=O)c2cc(Br)cc(Br)c2OC)c(OC)cc1Cl. The maximum absolute atomic E-state index is 12.6. The number of carbonyl (C=O) groups excluding carboxylic acids is 1. The summed E-state index contributed by atoms with van der Waals surface area (Å²) in [6, 6.07) is 6.61. The first kappa shape index (κ1) is 21.7. The number of benzene rings is 2. The predicted octanol–water partition coefficient (Wildman–Crippen LogP) is 5.02. The minimum atomic E-state index is -0.439. The van der Waals surface area contributed by atoms with Gasteiger partial charge in [0.25, 0.3) is 5.91 Å². The van der Waals surface area contributed by atoms with Crippen molar-refractivity contribution < 1.29 is 19.0 Å². The third kappa shape index (κ3) is 5.25. The van der Waals surface area contributed by atoms with E-state index in [2.05, 4.69) is 42.5 Å². The number of halogens is 3. The fraction of sp³-hybridized carbons (Fsp3) is 0.176. The first-order valence-corrected chi connectivity index (χ1v) is 9.74. The average Bonchev–Trinajstić information content (AvgIpc) is 2.62. The zero-order chi connectivity index (χ0) is 20.1. The van der Waals surface area contributed by atoms with Gasteiger partial charge in [0, 0.05) is 16.6 Å². The number of nitrogens with one attached hydrogen (secondary N) is 2. The Balaban J connectivity index is 2.23. The number of rotatable bonds is 5. The van der Waals surface area contributed by atoms with E-state index < -0.39 is 5.91 Å². The summed E-state index contributed by atoms with van der Waals surface area (Å²) < 4.78 is 17.1. The van der Waals surface area contributed by atoms with Gasteiger partial charge in [-0.25, -0.2) is 0 Å². The molecule has 0 aliphatic rings. The Morgan fingerprint density at radius 1 is 1.04 bits per heavy atom. The zero-order valence-electron chi connectivity index (χ0n) is 14.5. The van der Waals surface area contributed by atoms with E-state index in [9.17, 15) is 4.79 Å². The van der Waals surface area contributed by atoms with Crippen LogP contribution in [-0.2, 0) is 0 Å². The van der Waals surface area contributed by atoms with Crippen LogP contribution in [-0.4, -0.2) is 32.3 Å². The van der Waals surface area contributed by atoms with E-state index in [0.717, 1.165) is 0 Å². The average molecular weight is 539 g/mol. The first-order valence-electron chi connectivity index (χ1n) is 7.37. The Kier molecular flexibility index (Phi) is 7.72. The Hall–Kier alpha value is -1.55. The van der Waals surface area contributed by atoms with E-state index >= 15 is 0 Å². The van der Waals surface area contributed by atoms with Crippen molar-refractivity contribution in [3.8, 4) is 17.2 Å². The lowest BCUT2D eigenvalue weighted by Crippen LogP contribution is -2.34. The third-order valence-electron chi connectivity index (χ3n) is 3.41. The van der Waals surface area contributed by atoms with E-state index in [1.54, 1.807) is 24.3 Å². The zero-order valence-corrected chi connectivity index (χ0v) is 19.2. The number of carbonyl (C=O) groups is 1. The van der Waals surface area contributed by atoms with Crippen molar-refractivity contribution in [2.75, 3.05) is 26.6 Å². The number of amides is 1. The van der Waals surface area contributed by atoms with Gasteiger partial charge in [-0.2, -0.15) is 0 Å². The van der Waals surface area contributed by atoms with Crippen LogP contribution in [0.4, 0.5) is 5.69 Å². The Bertz CT molecular complexity index is 896. The molecule has 27 heavy (non-hydrogen) atoms. The lowest BCUT2D eigenvalue weighted by Gasteiger charge is -2.16. The van der Waals surface area contributed by atoms with Gasteiger partial charge >= 0.3 is 0 Å². The summed E-state index contributed by atoms with van der Waals surface area (Å²) >= 11 is 18.0. The van der Waals surface area contributed by atoms with Crippen LogP contribution in [0.2, 0.25) is 5.02 Å². The summed E-state index contributed by atoms with van der Waals surface area (Å²) in [6.45, 7) is 0. The highest BCUT2D eigenvalue weighted by Gasteiger charge is 2.18. The molecule has 0 aliphatic heterocycles. The van der Waals surface area contributed by atoms with Gasteiger partial charge in [0.1, 0.15) is 17.2 Å². The molecule has 1 amide bonds. The fourth-order valence-corrected chi connectivity index (χ4v) is 4.04. The molecule has 6 nitrogen and oxygen atoms in total. The Labute approximate surface area is 183 Å². The minimum absolute atomic E-state index is 0.0702. The van der Waals surface area contributed by atoms with Gasteiger partial charge in [-0.05, 0) is 40.3 Å². The highest BCUT2D eigenvalue weighted by molar-refractivity contribution is 9.11. The van der Waals surface area contributed by atoms with Crippen molar-refractivity contribution in [2.24, 2.45) is 0 Å². The topological polar surface area (TPSA) is 68.8 Å². The number of hydrogen-bond acceptors (Lipinski definition) is 5. The van der Waals surface area contributed by atoms with E-state index in [4.69, 9.17) is 38.0 Å². The maximum atomic E-state index is 12.6. The molecule has 0 bridgehead atoms. The summed E-state index contributed by atoms with van der Waals surface area (Å²) in [6.07, 6.45) is 0. The molecular formula is C17H15Br2ClN2O4S. The number of thiocarbonyl (C=S) groups is 1. The van der Waals surface area contributed by atoms with Crippen molar-refractivity contribution in [2.45, 2.75) is 0 Å². The molecule has 0 atom stereocenters. The lowest BCUT2D eigenvalue weighted by molar-refractivity contribution is 0.0974. The van der Waals surface area contributed by atoms with Crippen molar-refractivity contribution >= 4 is 72.4 Å². The molecule has 0 saturated carbocycles. The second kappa shape index (κ2) is 9.59. The quantitative estimate of drug-likeness (QED) is 0.522. The van der Waals surface area contributed by atoms with Crippen LogP contribution >= 0.6 is 55.7 Å². The number of anilines is 1. The van der Waals surface area contributed by atoms with Crippen molar-refractivity contribution in [3.63, 3.8) is 0 Å². The first-order chi connectivity index (χ1) is 12.8. The van der Waals surface area contributed by atoms with Gasteiger partial charge in [-0.3, -0.25) is 10.1 Å². The molecule has 2 aromatic carbocycles. The van der Waals surface area contributed by atoms with Crippen molar-refractivity contribution in [1.82, 2.24) is 5.32 Å². The van der Waals surface area contributed by atoms with Gasteiger partial charge in [-0.1, -0.05) is 27.5 Å². The van der Waals surface area contributed by atoms with Crippen LogP contribution in [0.3, 0.4) is 0 Å². The van der Waals surface area contributed by atoms with Crippen LogP contribution in [0.15, 0.2) is 33.2 Å². The highest BCUT2D eigenvalue weighted by Crippen LogP contribution is 2.36. The van der Waals surface area contributed by atoms with Crippen LogP contribution in [0.25, 0.3) is 0 Å². The molecule has 2 aromatic rings. The molecule has 144 valence electrons. The number of ether oxygens (including phenoxy) is 3. The van der Waals surface area contributed by atoms with Crippen LogP contribution < -0.4 is 24.8 Å². The standard InChI is InChI=1S/C17H15Br2ClN2O4S/c1-24-13-7-12(14(25-2)6-11(13)20)21-17(27)22-16(23)9-4-8(18)5-10(19)15(9)26-3/h4-7H,1-3H3,(H2,21,22,23,27). The maximum Gasteiger partial charge on any atom is 0.261 e. The molecule has 2 N–H and O–H groups in total. The van der Waals surface area contributed by atoms with Crippen LogP contribution in [0, 0.1) is 0 Å². The second-order valence-electron chi connectivity index (χ2n) is 5.06. The molecule has 0 aliphatic carbocycles. The molecule has 0 aromatic heterocycles. The van der Waals surface area contributed by atoms with E-state index in [1.165, 1.54) is 21.3 Å². The largest absolute Gasteiger partial charge is 0.495 e. The van der Waals surface area contributed by atoms with E-state index in [0.29, 0.717) is 42.5 Å². The molecule has 0 saturated heterocycles. The van der Waals surface area contributed by atoms with Gasteiger partial charge in [0.15, 0.2) is 5.11 Å². The van der Waals surface area contributed by atoms with Gasteiger partial charge in [0.05, 0.1) is 42.1 Å². The Morgan fingerprint density at radius 3 is 2.30 bits per heavy atom. The summed E-state index contributed by atoms with van der Waals surface area (Å²) in [7, 11) is 4.47. The van der Waals surface area contributed by atoms with Crippen molar-refractivity contribution in [1.29, 1.82) is 0 Å². The highest BCUT2D eigenvalue weighted by atomic mass is 79.9. The summed E-state index contributed by atoms with van der Waals surface area (Å²) in [4.78, 5) is 12.6. The lowest BCUT2D eigenvalue weighted by atomic mass is 10.2. The normalized spacial score (nSPS) is 10.1. The third-order valence-corrected chi connectivity index (χ3v) is 4.95. The van der Waals surface area contributed by atoms with Gasteiger partial charge in [-0.15, -0.1) is 0 Å².